The van der Waals surface area contributed by atoms with Gasteiger partial charge in [0.05, 0.1) is 28.9 Å². The lowest BCUT2D eigenvalue weighted by molar-refractivity contribution is -0.139. The molecule has 0 saturated heterocycles. The fourth-order valence-corrected chi connectivity index (χ4v) is 3.20. The Balaban J connectivity index is 1.98. The molecule has 1 aliphatic rings. The van der Waals surface area contributed by atoms with Gasteiger partial charge in [-0.1, -0.05) is 29.8 Å². The van der Waals surface area contributed by atoms with Gasteiger partial charge in [0.1, 0.15) is 18.1 Å². The summed E-state index contributed by atoms with van der Waals surface area (Å²) in [6.45, 7) is -2.06. The maximum absolute atomic E-state index is 12.9. The molecule has 1 aromatic heterocycles. The third-order valence-corrected chi connectivity index (χ3v) is 4.53. The summed E-state index contributed by atoms with van der Waals surface area (Å²) in [6.07, 6.45) is 1.38. The second kappa shape index (κ2) is 10.1. The summed E-state index contributed by atoms with van der Waals surface area (Å²) in [5.41, 5.74) is -0.0596. The number of halogens is 3. The standard InChI is InChI=1S/C20H18ClF2N3O6/c1-2-30-18(28)15-13(9-31-17(27)12-7-10(21)8-24-12)25-20(29)26-16(15)11-5-3-4-6-14(11)32-19(22)23/h3-8,16,19,24H,2,9H2,1H3,(H2,25,26,29)/t16-/m1/s1. The Hall–Kier alpha value is -3.60. The van der Waals surface area contributed by atoms with Crippen molar-refractivity contribution < 1.29 is 37.4 Å². The zero-order valence-corrected chi connectivity index (χ0v) is 17.4. The highest BCUT2D eigenvalue weighted by Crippen LogP contribution is 2.34. The molecule has 3 N–H and O–H groups in total. The first kappa shape index (κ1) is 23.1. The van der Waals surface area contributed by atoms with Crippen molar-refractivity contribution in [2.75, 3.05) is 13.2 Å². The van der Waals surface area contributed by atoms with Gasteiger partial charge in [-0.2, -0.15) is 8.78 Å². The minimum Gasteiger partial charge on any atom is -0.463 e. The molecule has 0 radical (unpaired) electrons. The van der Waals surface area contributed by atoms with Crippen LogP contribution in [0.4, 0.5) is 13.6 Å². The van der Waals surface area contributed by atoms with E-state index in [1.54, 1.807) is 6.92 Å². The SMILES string of the molecule is CCOC(=O)C1=C(COC(=O)c2cc(Cl)c[nH]2)NC(=O)N[C@@H]1c1ccccc1OC(F)F. The molecule has 1 atom stereocenters. The van der Waals surface area contributed by atoms with Gasteiger partial charge in [-0.25, -0.2) is 14.4 Å². The van der Waals surface area contributed by atoms with Crippen molar-refractivity contribution in [3.63, 3.8) is 0 Å². The van der Waals surface area contributed by atoms with Crippen LogP contribution < -0.4 is 15.4 Å². The van der Waals surface area contributed by atoms with E-state index in [9.17, 15) is 23.2 Å². The lowest BCUT2D eigenvalue weighted by Gasteiger charge is -2.30. The van der Waals surface area contributed by atoms with E-state index in [0.717, 1.165) is 0 Å². The molecule has 32 heavy (non-hydrogen) atoms. The van der Waals surface area contributed by atoms with Crippen molar-refractivity contribution in [1.82, 2.24) is 15.6 Å². The molecule has 0 bridgehead atoms. The second-order valence-electron chi connectivity index (χ2n) is 6.37. The van der Waals surface area contributed by atoms with Gasteiger partial charge in [-0.05, 0) is 19.1 Å². The molecule has 2 aromatic rings. The minimum atomic E-state index is -3.13. The van der Waals surface area contributed by atoms with E-state index < -0.39 is 37.2 Å². The number of esters is 2. The molecule has 0 unspecified atom stereocenters. The van der Waals surface area contributed by atoms with Crippen molar-refractivity contribution in [2.24, 2.45) is 0 Å². The van der Waals surface area contributed by atoms with E-state index in [2.05, 4.69) is 20.4 Å². The molecule has 2 heterocycles. The van der Waals surface area contributed by atoms with Gasteiger partial charge in [0.25, 0.3) is 0 Å². The van der Waals surface area contributed by atoms with Crippen LogP contribution in [0.2, 0.25) is 5.02 Å². The summed E-state index contributed by atoms with van der Waals surface area (Å²) in [4.78, 5) is 39.8. The molecule has 0 fully saturated rings. The summed E-state index contributed by atoms with van der Waals surface area (Å²) >= 11 is 5.77. The summed E-state index contributed by atoms with van der Waals surface area (Å²) in [5.74, 6) is -1.88. The Morgan fingerprint density at radius 1 is 1.19 bits per heavy atom. The molecule has 0 spiro atoms. The number of alkyl halides is 2. The van der Waals surface area contributed by atoms with Crippen molar-refractivity contribution >= 4 is 29.6 Å². The van der Waals surface area contributed by atoms with E-state index in [4.69, 9.17) is 21.1 Å². The van der Waals surface area contributed by atoms with E-state index >= 15 is 0 Å². The maximum Gasteiger partial charge on any atom is 0.387 e. The first-order chi connectivity index (χ1) is 15.3. The molecular weight excluding hydrogens is 452 g/mol. The molecule has 3 rings (SSSR count). The Bertz CT molecular complexity index is 1060. The van der Waals surface area contributed by atoms with Crippen LogP contribution in [-0.2, 0) is 14.3 Å². The van der Waals surface area contributed by atoms with Gasteiger partial charge in [-0.15, -0.1) is 0 Å². The summed E-state index contributed by atoms with van der Waals surface area (Å²) in [7, 11) is 0. The zero-order valence-electron chi connectivity index (χ0n) is 16.6. The Kier molecular flexibility index (Phi) is 7.31. The number of urea groups is 1. The number of hydrogen-bond acceptors (Lipinski definition) is 6. The number of hydrogen-bond donors (Lipinski definition) is 3. The molecule has 0 aliphatic carbocycles. The Morgan fingerprint density at radius 2 is 1.94 bits per heavy atom. The van der Waals surface area contributed by atoms with Crippen LogP contribution in [0.1, 0.15) is 29.0 Å². The predicted octanol–water partition coefficient (Wildman–Crippen LogP) is 3.30. The van der Waals surface area contributed by atoms with Crippen LogP contribution in [0, 0.1) is 0 Å². The average molecular weight is 470 g/mol. The molecule has 2 amide bonds. The van der Waals surface area contributed by atoms with Gasteiger partial charge in [0.2, 0.25) is 0 Å². The highest BCUT2D eigenvalue weighted by molar-refractivity contribution is 6.30. The number of ether oxygens (including phenoxy) is 3. The second-order valence-corrected chi connectivity index (χ2v) is 6.80. The largest absolute Gasteiger partial charge is 0.463 e. The average Bonchev–Trinajstić information content (AvgIpc) is 3.18. The minimum absolute atomic E-state index is 0.00617. The van der Waals surface area contributed by atoms with Crippen molar-refractivity contribution in [3.05, 3.63) is 64.1 Å². The Morgan fingerprint density at radius 3 is 2.59 bits per heavy atom. The smallest absolute Gasteiger partial charge is 0.387 e. The van der Waals surface area contributed by atoms with Gasteiger partial charge < -0.3 is 29.8 Å². The van der Waals surface area contributed by atoms with E-state index in [1.807, 2.05) is 0 Å². The first-order valence-corrected chi connectivity index (χ1v) is 9.70. The third kappa shape index (κ3) is 5.35. The zero-order chi connectivity index (χ0) is 23.3. The molecule has 0 saturated carbocycles. The fourth-order valence-electron chi connectivity index (χ4n) is 3.04. The molecule has 9 nitrogen and oxygen atoms in total. The molecular formula is C20H18ClF2N3O6. The maximum atomic E-state index is 12.9. The number of aromatic nitrogens is 1. The van der Waals surface area contributed by atoms with E-state index in [0.29, 0.717) is 0 Å². The van der Waals surface area contributed by atoms with Crippen molar-refractivity contribution in [2.45, 2.75) is 19.6 Å². The highest BCUT2D eigenvalue weighted by Gasteiger charge is 2.36. The number of rotatable bonds is 8. The molecule has 170 valence electrons. The van der Waals surface area contributed by atoms with Crippen molar-refractivity contribution in [3.8, 4) is 5.75 Å². The number of carbonyl (C=O) groups is 3. The molecule has 12 heteroatoms. The number of H-pyrrole nitrogens is 1. The van der Waals surface area contributed by atoms with Crippen LogP contribution >= 0.6 is 11.6 Å². The van der Waals surface area contributed by atoms with Gasteiger partial charge in [0, 0.05) is 11.8 Å². The number of carbonyl (C=O) groups excluding carboxylic acids is 3. The molecule has 1 aromatic carbocycles. The number of benzene rings is 1. The summed E-state index contributed by atoms with van der Waals surface area (Å²) in [5, 5.41) is 5.18. The van der Waals surface area contributed by atoms with Crippen LogP contribution in [0.15, 0.2) is 47.8 Å². The Labute approximate surface area is 185 Å². The number of para-hydroxylation sites is 1. The van der Waals surface area contributed by atoms with Gasteiger partial charge >= 0.3 is 24.6 Å². The monoisotopic (exact) mass is 469 g/mol. The fraction of sp³-hybridized carbons (Fsp3) is 0.250. The van der Waals surface area contributed by atoms with Crippen molar-refractivity contribution in [1.29, 1.82) is 0 Å². The summed E-state index contributed by atoms with van der Waals surface area (Å²) in [6, 6.07) is 5.06. The van der Waals surface area contributed by atoms with E-state index in [1.165, 1.54) is 36.5 Å². The quantitative estimate of drug-likeness (QED) is 0.510. The van der Waals surface area contributed by atoms with E-state index in [-0.39, 0.29) is 39.9 Å². The van der Waals surface area contributed by atoms with Crippen LogP contribution in [-0.4, -0.2) is 42.8 Å². The number of nitrogens with one attached hydrogen (secondary N) is 3. The third-order valence-electron chi connectivity index (χ3n) is 4.31. The number of aromatic amines is 1. The van der Waals surface area contributed by atoms with Gasteiger partial charge in [-0.3, -0.25) is 0 Å². The van der Waals surface area contributed by atoms with Gasteiger partial charge in [0.15, 0.2) is 0 Å². The summed E-state index contributed by atoms with van der Waals surface area (Å²) < 4.78 is 40.5. The van der Waals surface area contributed by atoms with Crippen LogP contribution in [0.25, 0.3) is 0 Å². The lowest BCUT2D eigenvalue weighted by atomic mass is 9.94. The number of amides is 2. The highest BCUT2D eigenvalue weighted by atomic mass is 35.5. The topological polar surface area (TPSA) is 119 Å². The first-order valence-electron chi connectivity index (χ1n) is 9.32. The molecule has 1 aliphatic heterocycles. The normalized spacial score (nSPS) is 15.8. The van der Waals surface area contributed by atoms with Crippen LogP contribution in [0.3, 0.4) is 0 Å². The lowest BCUT2D eigenvalue weighted by Crippen LogP contribution is -2.47. The van der Waals surface area contributed by atoms with Crippen LogP contribution in [0.5, 0.6) is 5.75 Å². The predicted molar refractivity (Wildman–Crippen MR) is 107 cm³/mol.